The van der Waals surface area contributed by atoms with Crippen LogP contribution in [0.25, 0.3) is 0 Å². The van der Waals surface area contributed by atoms with Crippen LogP contribution in [0.5, 0.6) is 0 Å². The van der Waals surface area contributed by atoms with Crippen LogP contribution >= 0.6 is 11.6 Å². The third kappa shape index (κ3) is 4.15. The second kappa shape index (κ2) is 5.84. The van der Waals surface area contributed by atoms with Crippen molar-refractivity contribution in [2.24, 2.45) is 0 Å². The molecule has 1 aromatic carbocycles. The maximum absolute atomic E-state index is 5.75. The zero-order valence-electron chi connectivity index (χ0n) is 7.72. The quantitative estimate of drug-likeness (QED) is 0.737. The van der Waals surface area contributed by atoms with Crippen LogP contribution in [0, 0.1) is 0 Å². The monoisotopic (exact) mass is 199 g/mol. The van der Waals surface area contributed by atoms with Crippen LogP contribution in [-0.2, 0) is 4.74 Å². The molecular formula is C10H14ClNO. The first-order chi connectivity index (χ1) is 6.33. The van der Waals surface area contributed by atoms with Gasteiger partial charge in [0, 0.05) is 31.0 Å². The Morgan fingerprint density at radius 1 is 1.31 bits per heavy atom. The molecule has 72 valence electrons. The van der Waals surface area contributed by atoms with E-state index in [9.17, 15) is 0 Å². The molecule has 0 radical (unpaired) electrons. The molecule has 1 rings (SSSR count). The van der Waals surface area contributed by atoms with Gasteiger partial charge in [-0.2, -0.15) is 0 Å². The van der Waals surface area contributed by atoms with Crippen LogP contribution in [0.1, 0.15) is 6.42 Å². The van der Waals surface area contributed by atoms with Crippen LogP contribution in [0.3, 0.4) is 0 Å². The van der Waals surface area contributed by atoms with E-state index in [1.807, 2.05) is 24.3 Å². The third-order valence-corrected chi connectivity index (χ3v) is 1.95. The van der Waals surface area contributed by atoms with Crippen molar-refractivity contribution >= 4 is 17.3 Å². The van der Waals surface area contributed by atoms with Crippen molar-refractivity contribution in [3.05, 3.63) is 29.3 Å². The highest BCUT2D eigenvalue weighted by Crippen LogP contribution is 2.12. The van der Waals surface area contributed by atoms with Crippen molar-refractivity contribution in [2.75, 3.05) is 25.6 Å². The first-order valence-electron chi connectivity index (χ1n) is 4.31. The van der Waals surface area contributed by atoms with E-state index in [0.29, 0.717) is 0 Å². The van der Waals surface area contributed by atoms with Crippen molar-refractivity contribution in [1.82, 2.24) is 0 Å². The maximum Gasteiger partial charge on any atom is 0.0479 e. The number of methoxy groups -OCH3 is 1. The zero-order chi connectivity index (χ0) is 9.52. The summed E-state index contributed by atoms with van der Waals surface area (Å²) in [6.07, 6.45) is 1.01. The smallest absolute Gasteiger partial charge is 0.0479 e. The van der Waals surface area contributed by atoms with Gasteiger partial charge < -0.3 is 10.1 Å². The largest absolute Gasteiger partial charge is 0.385 e. The molecule has 0 aromatic heterocycles. The number of anilines is 1. The second-order valence-electron chi connectivity index (χ2n) is 2.78. The molecule has 0 saturated carbocycles. The average Bonchev–Trinajstić information content (AvgIpc) is 2.15. The SMILES string of the molecule is COCCCNc1ccc(Cl)cc1. The topological polar surface area (TPSA) is 21.3 Å². The summed E-state index contributed by atoms with van der Waals surface area (Å²) in [5.41, 5.74) is 1.10. The van der Waals surface area contributed by atoms with E-state index in [2.05, 4.69) is 5.32 Å². The summed E-state index contributed by atoms with van der Waals surface area (Å²) in [6, 6.07) is 7.69. The van der Waals surface area contributed by atoms with Gasteiger partial charge in [0.05, 0.1) is 0 Å². The Labute approximate surface area is 83.9 Å². The van der Waals surface area contributed by atoms with Crippen LogP contribution in [0.4, 0.5) is 5.69 Å². The Morgan fingerprint density at radius 3 is 2.62 bits per heavy atom. The van der Waals surface area contributed by atoms with E-state index < -0.39 is 0 Å². The highest BCUT2D eigenvalue weighted by atomic mass is 35.5. The molecule has 0 aliphatic heterocycles. The molecule has 1 N–H and O–H groups in total. The van der Waals surface area contributed by atoms with Crippen molar-refractivity contribution in [1.29, 1.82) is 0 Å². The summed E-state index contributed by atoms with van der Waals surface area (Å²) < 4.78 is 4.94. The minimum atomic E-state index is 0.766. The fourth-order valence-electron chi connectivity index (χ4n) is 1.02. The fourth-order valence-corrected chi connectivity index (χ4v) is 1.14. The van der Waals surface area contributed by atoms with Gasteiger partial charge in [-0.3, -0.25) is 0 Å². The Balaban J connectivity index is 2.25. The van der Waals surface area contributed by atoms with Crippen molar-refractivity contribution in [2.45, 2.75) is 6.42 Å². The van der Waals surface area contributed by atoms with Gasteiger partial charge in [0.2, 0.25) is 0 Å². The summed E-state index contributed by atoms with van der Waals surface area (Å²) >= 11 is 5.75. The van der Waals surface area contributed by atoms with Crippen molar-refractivity contribution in [3.63, 3.8) is 0 Å². The molecule has 13 heavy (non-hydrogen) atoms. The Bertz CT molecular complexity index is 235. The molecule has 0 spiro atoms. The molecule has 0 unspecified atom stereocenters. The number of halogens is 1. The molecule has 0 bridgehead atoms. The minimum absolute atomic E-state index is 0.766. The molecule has 0 heterocycles. The molecule has 0 amide bonds. The first kappa shape index (κ1) is 10.4. The Hall–Kier alpha value is -0.730. The molecular weight excluding hydrogens is 186 g/mol. The molecule has 0 aliphatic carbocycles. The molecule has 2 nitrogen and oxygen atoms in total. The van der Waals surface area contributed by atoms with Gasteiger partial charge in [-0.05, 0) is 30.7 Å². The number of ether oxygens (including phenoxy) is 1. The summed E-state index contributed by atoms with van der Waals surface area (Å²) in [5, 5.41) is 4.03. The molecule has 1 aromatic rings. The lowest BCUT2D eigenvalue weighted by Gasteiger charge is -2.05. The molecule has 3 heteroatoms. The lowest BCUT2D eigenvalue weighted by atomic mass is 10.3. The summed E-state index contributed by atoms with van der Waals surface area (Å²) in [6.45, 7) is 1.72. The van der Waals surface area contributed by atoms with E-state index in [1.165, 1.54) is 0 Å². The third-order valence-electron chi connectivity index (χ3n) is 1.70. The summed E-state index contributed by atoms with van der Waals surface area (Å²) in [4.78, 5) is 0. The van der Waals surface area contributed by atoms with Gasteiger partial charge in [0.15, 0.2) is 0 Å². The minimum Gasteiger partial charge on any atom is -0.385 e. The molecule has 0 saturated heterocycles. The Kier molecular flexibility index (Phi) is 4.65. The highest BCUT2D eigenvalue weighted by Gasteiger charge is 1.91. The van der Waals surface area contributed by atoms with Crippen LogP contribution in [0.15, 0.2) is 24.3 Å². The predicted molar refractivity (Wildman–Crippen MR) is 56.4 cm³/mol. The van der Waals surface area contributed by atoms with Gasteiger partial charge in [-0.25, -0.2) is 0 Å². The second-order valence-corrected chi connectivity index (χ2v) is 3.22. The van der Waals surface area contributed by atoms with E-state index in [-0.39, 0.29) is 0 Å². The van der Waals surface area contributed by atoms with Gasteiger partial charge >= 0.3 is 0 Å². The van der Waals surface area contributed by atoms with Crippen molar-refractivity contribution < 1.29 is 4.74 Å². The lowest BCUT2D eigenvalue weighted by Crippen LogP contribution is -2.04. The molecule has 0 aliphatic rings. The predicted octanol–water partition coefficient (Wildman–Crippen LogP) is 2.79. The van der Waals surface area contributed by atoms with Crippen LogP contribution in [0.2, 0.25) is 5.02 Å². The lowest BCUT2D eigenvalue weighted by molar-refractivity contribution is 0.198. The van der Waals surface area contributed by atoms with Crippen LogP contribution < -0.4 is 5.32 Å². The van der Waals surface area contributed by atoms with E-state index in [4.69, 9.17) is 16.3 Å². The maximum atomic E-state index is 5.75. The number of benzene rings is 1. The summed E-state index contributed by atoms with van der Waals surface area (Å²) in [7, 11) is 1.71. The van der Waals surface area contributed by atoms with Gasteiger partial charge in [-0.15, -0.1) is 0 Å². The number of hydrogen-bond acceptors (Lipinski definition) is 2. The average molecular weight is 200 g/mol. The first-order valence-corrected chi connectivity index (χ1v) is 4.69. The van der Waals surface area contributed by atoms with E-state index >= 15 is 0 Å². The van der Waals surface area contributed by atoms with Gasteiger partial charge in [-0.1, -0.05) is 11.6 Å². The van der Waals surface area contributed by atoms with Gasteiger partial charge in [0.25, 0.3) is 0 Å². The number of rotatable bonds is 5. The van der Waals surface area contributed by atoms with E-state index in [1.54, 1.807) is 7.11 Å². The zero-order valence-corrected chi connectivity index (χ0v) is 8.47. The highest BCUT2D eigenvalue weighted by molar-refractivity contribution is 6.30. The standard InChI is InChI=1S/C10H14ClNO/c1-13-8-2-7-12-10-5-3-9(11)4-6-10/h3-6,12H,2,7-8H2,1H3. The number of hydrogen-bond donors (Lipinski definition) is 1. The summed E-state index contributed by atoms with van der Waals surface area (Å²) in [5.74, 6) is 0. The molecule has 0 atom stereocenters. The van der Waals surface area contributed by atoms with Crippen molar-refractivity contribution in [3.8, 4) is 0 Å². The number of nitrogens with one attached hydrogen (secondary N) is 1. The fraction of sp³-hybridized carbons (Fsp3) is 0.400. The Morgan fingerprint density at radius 2 is 2.00 bits per heavy atom. The van der Waals surface area contributed by atoms with Crippen LogP contribution in [-0.4, -0.2) is 20.3 Å². The van der Waals surface area contributed by atoms with E-state index in [0.717, 1.165) is 30.3 Å². The normalized spacial score (nSPS) is 10.0. The van der Waals surface area contributed by atoms with Gasteiger partial charge in [0.1, 0.15) is 0 Å². The molecule has 0 fully saturated rings.